The molecule has 0 atom stereocenters. The van der Waals surface area contributed by atoms with Gasteiger partial charge >= 0.3 is 5.97 Å². The van der Waals surface area contributed by atoms with Crippen LogP contribution in [0.2, 0.25) is 0 Å². The third-order valence-electron chi connectivity index (χ3n) is 2.78. The molecule has 0 spiro atoms. The number of hydrogen-bond donors (Lipinski definition) is 1. The predicted octanol–water partition coefficient (Wildman–Crippen LogP) is 2.25. The molecule has 1 N–H and O–H groups in total. The van der Waals surface area contributed by atoms with Crippen molar-refractivity contribution in [2.75, 3.05) is 13.1 Å². The minimum atomic E-state index is -0.850. The van der Waals surface area contributed by atoms with Crippen LogP contribution in [0.5, 0.6) is 0 Å². The zero-order chi connectivity index (χ0) is 13.7. The van der Waals surface area contributed by atoms with Crippen LogP contribution in [0, 0.1) is 0 Å². The van der Waals surface area contributed by atoms with Crippen molar-refractivity contribution in [1.82, 2.24) is 9.88 Å². The van der Waals surface area contributed by atoms with Gasteiger partial charge in [-0.1, -0.05) is 37.3 Å². The molecular weight excluding hydrogens is 244 g/mol. The van der Waals surface area contributed by atoms with E-state index in [0.717, 1.165) is 5.56 Å². The maximum absolute atomic E-state index is 10.7. The van der Waals surface area contributed by atoms with Crippen molar-refractivity contribution in [3.8, 4) is 11.3 Å². The van der Waals surface area contributed by atoms with Gasteiger partial charge in [-0.15, -0.1) is 0 Å². The highest BCUT2D eigenvalue weighted by Crippen LogP contribution is 2.20. The summed E-state index contributed by atoms with van der Waals surface area (Å²) in [6.45, 7) is 2.93. The van der Waals surface area contributed by atoms with Crippen LogP contribution in [-0.4, -0.2) is 34.0 Å². The molecule has 0 amide bonds. The number of benzene rings is 1. The first-order valence-electron chi connectivity index (χ1n) is 6.13. The monoisotopic (exact) mass is 260 g/mol. The van der Waals surface area contributed by atoms with E-state index in [0.29, 0.717) is 24.7 Å². The average Bonchev–Trinajstić information content (AvgIpc) is 2.87. The fourth-order valence-corrected chi connectivity index (χ4v) is 1.78. The van der Waals surface area contributed by atoms with Crippen molar-refractivity contribution < 1.29 is 14.3 Å². The fraction of sp³-hybridized carbons (Fsp3) is 0.286. The van der Waals surface area contributed by atoms with Gasteiger partial charge in [-0.25, -0.2) is 4.98 Å². The Balaban J connectivity index is 2.07. The van der Waals surface area contributed by atoms with Crippen molar-refractivity contribution >= 4 is 5.97 Å². The van der Waals surface area contributed by atoms with Crippen LogP contribution >= 0.6 is 0 Å². The van der Waals surface area contributed by atoms with Gasteiger partial charge in [0.05, 0.1) is 19.3 Å². The van der Waals surface area contributed by atoms with Crippen molar-refractivity contribution in [2.24, 2.45) is 0 Å². The number of oxazole rings is 1. The normalized spacial score (nSPS) is 10.8. The van der Waals surface area contributed by atoms with E-state index in [1.54, 1.807) is 11.1 Å². The molecule has 0 aliphatic heterocycles. The number of carboxylic acid groups (broad SMARTS) is 1. The molecule has 100 valence electrons. The van der Waals surface area contributed by atoms with Crippen LogP contribution in [0.15, 0.2) is 40.9 Å². The fourth-order valence-electron chi connectivity index (χ4n) is 1.78. The lowest BCUT2D eigenvalue weighted by Gasteiger charge is -2.15. The number of nitrogens with zero attached hydrogens (tertiary/aromatic N) is 2. The van der Waals surface area contributed by atoms with Crippen LogP contribution in [0.25, 0.3) is 11.3 Å². The Labute approximate surface area is 111 Å². The number of likely N-dealkylation sites (N-methyl/N-ethyl adjacent to an activating group) is 1. The molecule has 2 rings (SSSR count). The van der Waals surface area contributed by atoms with Gasteiger partial charge in [0.1, 0.15) is 0 Å². The molecule has 1 heterocycles. The molecule has 0 radical (unpaired) electrons. The zero-order valence-corrected chi connectivity index (χ0v) is 10.7. The van der Waals surface area contributed by atoms with Gasteiger partial charge in [0, 0.05) is 5.56 Å². The molecule has 1 aromatic carbocycles. The Morgan fingerprint density at radius 2 is 2.11 bits per heavy atom. The molecule has 19 heavy (non-hydrogen) atoms. The van der Waals surface area contributed by atoms with Gasteiger partial charge in [0.25, 0.3) is 0 Å². The highest BCUT2D eigenvalue weighted by atomic mass is 16.4. The Bertz CT molecular complexity index is 537. The number of carboxylic acids is 1. The molecule has 0 aliphatic carbocycles. The van der Waals surface area contributed by atoms with Crippen molar-refractivity contribution in [3.05, 3.63) is 42.4 Å². The lowest BCUT2D eigenvalue weighted by molar-refractivity contribution is -0.138. The summed E-state index contributed by atoms with van der Waals surface area (Å²) < 4.78 is 5.64. The summed E-state index contributed by atoms with van der Waals surface area (Å²) in [6, 6.07) is 9.69. The Morgan fingerprint density at radius 3 is 2.74 bits per heavy atom. The van der Waals surface area contributed by atoms with Crippen LogP contribution in [0.1, 0.15) is 12.8 Å². The van der Waals surface area contributed by atoms with Crippen LogP contribution in [0.3, 0.4) is 0 Å². The SMILES string of the molecule is CCN(CC(=O)O)Cc1ncc(-c2ccccc2)o1. The van der Waals surface area contributed by atoms with E-state index in [1.165, 1.54) is 0 Å². The van der Waals surface area contributed by atoms with Gasteiger partial charge in [0.15, 0.2) is 5.76 Å². The third-order valence-corrected chi connectivity index (χ3v) is 2.78. The molecule has 0 bridgehead atoms. The molecule has 2 aromatic rings. The van der Waals surface area contributed by atoms with Crippen molar-refractivity contribution in [1.29, 1.82) is 0 Å². The summed E-state index contributed by atoms with van der Waals surface area (Å²) in [5.74, 6) is 0.376. The summed E-state index contributed by atoms with van der Waals surface area (Å²) in [5, 5.41) is 8.78. The van der Waals surface area contributed by atoms with Crippen LogP contribution in [0.4, 0.5) is 0 Å². The molecule has 5 nitrogen and oxygen atoms in total. The number of aromatic nitrogens is 1. The molecule has 1 aromatic heterocycles. The number of rotatable bonds is 6. The average molecular weight is 260 g/mol. The first kappa shape index (κ1) is 13.3. The van der Waals surface area contributed by atoms with E-state index in [1.807, 2.05) is 37.3 Å². The minimum absolute atomic E-state index is 0.0143. The maximum Gasteiger partial charge on any atom is 0.317 e. The quantitative estimate of drug-likeness (QED) is 0.862. The van der Waals surface area contributed by atoms with E-state index in [4.69, 9.17) is 9.52 Å². The van der Waals surface area contributed by atoms with Gasteiger partial charge < -0.3 is 9.52 Å². The van der Waals surface area contributed by atoms with Crippen LogP contribution in [-0.2, 0) is 11.3 Å². The first-order chi connectivity index (χ1) is 9.19. The summed E-state index contributed by atoms with van der Waals surface area (Å²) in [6.07, 6.45) is 1.67. The molecule has 0 unspecified atom stereocenters. The number of aliphatic carboxylic acids is 1. The second-order valence-corrected chi connectivity index (χ2v) is 4.18. The molecule has 0 saturated heterocycles. The highest BCUT2D eigenvalue weighted by molar-refractivity contribution is 5.69. The van der Waals surface area contributed by atoms with Gasteiger partial charge in [-0.2, -0.15) is 0 Å². The topological polar surface area (TPSA) is 66.6 Å². The van der Waals surface area contributed by atoms with Gasteiger partial charge in [-0.3, -0.25) is 9.69 Å². The van der Waals surface area contributed by atoms with E-state index >= 15 is 0 Å². The summed E-state index contributed by atoms with van der Waals surface area (Å²) in [7, 11) is 0. The van der Waals surface area contributed by atoms with E-state index in [-0.39, 0.29) is 6.54 Å². The van der Waals surface area contributed by atoms with E-state index in [9.17, 15) is 4.79 Å². The summed E-state index contributed by atoms with van der Waals surface area (Å²) >= 11 is 0. The lowest BCUT2D eigenvalue weighted by atomic mass is 10.2. The smallest absolute Gasteiger partial charge is 0.317 e. The second-order valence-electron chi connectivity index (χ2n) is 4.18. The van der Waals surface area contributed by atoms with E-state index in [2.05, 4.69) is 4.98 Å². The minimum Gasteiger partial charge on any atom is -0.480 e. The van der Waals surface area contributed by atoms with E-state index < -0.39 is 5.97 Å². The van der Waals surface area contributed by atoms with Gasteiger partial charge in [-0.05, 0) is 6.54 Å². The zero-order valence-electron chi connectivity index (χ0n) is 10.7. The largest absolute Gasteiger partial charge is 0.480 e. The first-order valence-corrected chi connectivity index (χ1v) is 6.13. The lowest BCUT2D eigenvalue weighted by Crippen LogP contribution is -2.29. The molecular formula is C14H16N2O3. The summed E-state index contributed by atoms with van der Waals surface area (Å²) in [5.41, 5.74) is 0.961. The second kappa shape index (κ2) is 6.15. The number of hydrogen-bond acceptors (Lipinski definition) is 4. The Kier molecular flexibility index (Phi) is 4.30. The predicted molar refractivity (Wildman–Crippen MR) is 70.5 cm³/mol. The standard InChI is InChI=1S/C14H16N2O3/c1-2-16(10-14(17)18)9-13-15-8-12(19-13)11-6-4-3-5-7-11/h3-8H,2,9-10H2,1H3,(H,17,18). The van der Waals surface area contributed by atoms with Crippen LogP contribution < -0.4 is 0 Å². The molecule has 0 aliphatic rings. The maximum atomic E-state index is 10.7. The molecule has 0 saturated carbocycles. The summed E-state index contributed by atoms with van der Waals surface area (Å²) in [4.78, 5) is 16.6. The molecule has 0 fully saturated rings. The number of carbonyl (C=O) groups is 1. The van der Waals surface area contributed by atoms with Gasteiger partial charge in [0.2, 0.25) is 5.89 Å². The Hall–Kier alpha value is -2.14. The van der Waals surface area contributed by atoms with Crippen molar-refractivity contribution in [2.45, 2.75) is 13.5 Å². The third kappa shape index (κ3) is 3.66. The Morgan fingerprint density at radius 1 is 1.37 bits per heavy atom. The molecule has 5 heteroatoms. The van der Waals surface area contributed by atoms with Crippen molar-refractivity contribution in [3.63, 3.8) is 0 Å². The highest BCUT2D eigenvalue weighted by Gasteiger charge is 2.12.